The SMILES string of the molecule is COC(=O)[C@H](C)OCC1CC=CCC1C. The second-order valence-corrected chi connectivity index (χ2v) is 4.18. The minimum absolute atomic E-state index is 0.297. The fraction of sp³-hybridized carbons (Fsp3) is 0.750. The van der Waals surface area contributed by atoms with E-state index >= 15 is 0 Å². The van der Waals surface area contributed by atoms with Crippen molar-refractivity contribution in [2.75, 3.05) is 13.7 Å². The van der Waals surface area contributed by atoms with E-state index < -0.39 is 6.10 Å². The fourth-order valence-electron chi connectivity index (χ4n) is 1.74. The van der Waals surface area contributed by atoms with Crippen LogP contribution in [-0.4, -0.2) is 25.8 Å². The van der Waals surface area contributed by atoms with Gasteiger partial charge in [0.1, 0.15) is 0 Å². The molecule has 1 aliphatic rings. The number of ether oxygens (including phenoxy) is 2. The van der Waals surface area contributed by atoms with Crippen LogP contribution in [-0.2, 0) is 14.3 Å². The van der Waals surface area contributed by atoms with Crippen LogP contribution in [0.4, 0.5) is 0 Å². The highest BCUT2D eigenvalue weighted by molar-refractivity contribution is 5.73. The van der Waals surface area contributed by atoms with Crippen molar-refractivity contribution < 1.29 is 14.3 Å². The lowest BCUT2D eigenvalue weighted by atomic mass is 9.85. The molecule has 0 aliphatic heterocycles. The van der Waals surface area contributed by atoms with Crippen LogP contribution >= 0.6 is 0 Å². The number of hydrogen-bond donors (Lipinski definition) is 0. The van der Waals surface area contributed by atoms with Crippen LogP contribution in [0.3, 0.4) is 0 Å². The number of hydrogen-bond acceptors (Lipinski definition) is 3. The lowest BCUT2D eigenvalue weighted by molar-refractivity contribution is -0.154. The number of carbonyl (C=O) groups is 1. The van der Waals surface area contributed by atoms with E-state index in [1.54, 1.807) is 6.92 Å². The topological polar surface area (TPSA) is 35.5 Å². The standard InChI is InChI=1S/C12H20O3/c1-9-6-4-5-7-11(9)8-15-10(2)12(13)14-3/h4-5,9-11H,6-8H2,1-3H3/t9?,10-,11?/m0/s1. The fourth-order valence-corrected chi connectivity index (χ4v) is 1.74. The Bertz CT molecular complexity index is 235. The van der Waals surface area contributed by atoms with E-state index in [4.69, 9.17) is 4.74 Å². The van der Waals surface area contributed by atoms with Gasteiger partial charge in [0, 0.05) is 0 Å². The van der Waals surface area contributed by atoms with Crippen molar-refractivity contribution in [1.29, 1.82) is 0 Å². The Morgan fingerprint density at radius 3 is 2.73 bits per heavy atom. The monoisotopic (exact) mass is 212 g/mol. The number of allylic oxidation sites excluding steroid dienone is 2. The van der Waals surface area contributed by atoms with Gasteiger partial charge in [0.2, 0.25) is 0 Å². The van der Waals surface area contributed by atoms with E-state index in [2.05, 4.69) is 23.8 Å². The molecule has 3 nitrogen and oxygen atoms in total. The van der Waals surface area contributed by atoms with E-state index in [9.17, 15) is 4.79 Å². The van der Waals surface area contributed by atoms with Crippen molar-refractivity contribution in [3.8, 4) is 0 Å². The van der Waals surface area contributed by atoms with Crippen LogP contribution < -0.4 is 0 Å². The number of methoxy groups -OCH3 is 1. The lowest BCUT2D eigenvalue weighted by Crippen LogP contribution is -2.27. The molecule has 1 rings (SSSR count). The Labute approximate surface area is 91.4 Å². The van der Waals surface area contributed by atoms with Crippen LogP contribution in [0.1, 0.15) is 26.7 Å². The van der Waals surface area contributed by atoms with Crippen LogP contribution in [0.5, 0.6) is 0 Å². The van der Waals surface area contributed by atoms with Gasteiger partial charge < -0.3 is 9.47 Å². The van der Waals surface area contributed by atoms with E-state index in [-0.39, 0.29) is 5.97 Å². The zero-order valence-electron chi connectivity index (χ0n) is 9.73. The molecule has 3 heteroatoms. The molecular formula is C12H20O3. The molecule has 0 aromatic carbocycles. The van der Waals surface area contributed by atoms with Gasteiger partial charge in [-0.3, -0.25) is 0 Å². The van der Waals surface area contributed by atoms with Gasteiger partial charge in [-0.25, -0.2) is 4.79 Å². The summed E-state index contributed by atoms with van der Waals surface area (Å²) >= 11 is 0. The Hall–Kier alpha value is -0.830. The smallest absolute Gasteiger partial charge is 0.334 e. The molecule has 1 aliphatic carbocycles. The first-order valence-electron chi connectivity index (χ1n) is 5.49. The van der Waals surface area contributed by atoms with Crippen molar-refractivity contribution in [1.82, 2.24) is 0 Å². The maximum absolute atomic E-state index is 11.1. The summed E-state index contributed by atoms with van der Waals surface area (Å²) in [6, 6.07) is 0. The summed E-state index contributed by atoms with van der Waals surface area (Å²) in [5, 5.41) is 0. The number of esters is 1. The third kappa shape index (κ3) is 3.67. The summed E-state index contributed by atoms with van der Waals surface area (Å²) in [4.78, 5) is 11.1. The highest BCUT2D eigenvalue weighted by atomic mass is 16.6. The summed E-state index contributed by atoms with van der Waals surface area (Å²) < 4.78 is 10.1. The molecule has 0 radical (unpaired) electrons. The molecule has 0 amide bonds. The second kappa shape index (κ2) is 5.91. The van der Waals surface area contributed by atoms with Crippen LogP contribution in [0.15, 0.2) is 12.2 Å². The van der Waals surface area contributed by atoms with Crippen molar-refractivity contribution in [3.05, 3.63) is 12.2 Å². The predicted octanol–water partition coefficient (Wildman–Crippen LogP) is 2.17. The van der Waals surface area contributed by atoms with Crippen LogP contribution in [0.25, 0.3) is 0 Å². The van der Waals surface area contributed by atoms with Gasteiger partial charge in [0.25, 0.3) is 0 Å². The van der Waals surface area contributed by atoms with Crippen molar-refractivity contribution in [2.45, 2.75) is 32.8 Å². The largest absolute Gasteiger partial charge is 0.467 e. The minimum Gasteiger partial charge on any atom is -0.467 e. The molecule has 0 saturated heterocycles. The van der Waals surface area contributed by atoms with Gasteiger partial charge >= 0.3 is 5.97 Å². The molecule has 86 valence electrons. The molecule has 2 unspecified atom stereocenters. The molecule has 0 aromatic heterocycles. The maximum Gasteiger partial charge on any atom is 0.334 e. The molecule has 0 aromatic rings. The first-order chi connectivity index (χ1) is 7.15. The first-order valence-corrected chi connectivity index (χ1v) is 5.49. The normalized spacial score (nSPS) is 27.4. The zero-order valence-corrected chi connectivity index (χ0v) is 9.73. The number of carbonyl (C=O) groups excluding carboxylic acids is 1. The molecule has 0 N–H and O–H groups in total. The Kier molecular flexibility index (Phi) is 4.82. The van der Waals surface area contributed by atoms with E-state index in [0.717, 1.165) is 12.8 Å². The lowest BCUT2D eigenvalue weighted by Gasteiger charge is -2.25. The average Bonchev–Trinajstić information content (AvgIpc) is 2.26. The van der Waals surface area contributed by atoms with E-state index in [1.807, 2.05) is 0 Å². The van der Waals surface area contributed by atoms with E-state index in [0.29, 0.717) is 18.4 Å². The Morgan fingerprint density at radius 1 is 1.47 bits per heavy atom. The molecule has 0 spiro atoms. The Balaban J connectivity index is 2.30. The van der Waals surface area contributed by atoms with Gasteiger partial charge in [-0.1, -0.05) is 19.1 Å². The minimum atomic E-state index is -0.451. The summed E-state index contributed by atoms with van der Waals surface area (Å²) in [6.07, 6.45) is 6.12. The van der Waals surface area contributed by atoms with Crippen molar-refractivity contribution in [3.63, 3.8) is 0 Å². The summed E-state index contributed by atoms with van der Waals surface area (Å²) in [6.45, 7) is 4.59. The van der Waals surface area contributed by atoms with E-state index in [1.165, 1.54) is 7.11 Å². The Morgan fingerprint density at radius 2 is 2.13 bits per heavy atom. The summed E-state index contributed by atoms with van der Waals surface area (Å²) in [5.41, 5.74) is 0. The first kappa shape index (κ1) is 12.2. The van der Waals surface area contributed by atoms with Gasteiger partial charge in [-0.2, -0.15) is 0 Å². The third-order valence-corrected chi connectivity index (χ3v) is 3.01. The van der Waals surface area contributed by atoms with Crippen LogP contribution in [0, 0.1) is 11.8 Å². The maximum atomic E-state index is 11.1. The predicted molar refractivity (Wildman–Crippen MR) is 58.5 cm³/mol. The van der Waals surface area contributed by atoms with Crippen molar-refractivity contribution in [2.24, 2.45) is 11.8 Å². The van der Waals surface area contributed by atoms with Gasteiger partial charge in [-0.15, -0.1) is 0 Å². The highest BCUT2D eigenvalue weighted by Gasteiger charge is 2.21. The number of rotatable bonds is 4. The van der Waals surface area contributed by atoms with Gasteiger partial charge in [0.15, 0.2) is 6.10 Å². The molecule has 15 heavy (non-hydrogen) atoms. The molecule has 0 heterocycles. The highest BCUT2D eigenvalue weighted by Crippen LogP contribution is 2.25. The molecule has 0 fully saturated rings. The summed E-state index contributed by atoms with van der Waals surface area (Å²) in [5.74, 6) is 0.871. The van der Waals surface area contributed by atoms with Gasteiger partial charge in [-0.05, 0) is 31.6 Å². The quantitative estimate of drug-likeness (QED) is 0.529. The molecular weight excluding hydrogens is 192 g/mol. The third-order valence-electron chi connectivity index (χ3n) is 3.01. The zero-order chi connectivity index (χ0) is 11.3. The molecule has 0 bridgehead atoms. The second-order valence-electron chi connectivity index (χ2n) is 4.18. The molecule has 0 saturated carbocycles. The van der Waals surface area contributed by atoms with Gasteiger partial charge in [0.05, 0.1) is 13.7 Å². The average molecular weight is 212 g/mol. The molecule has 3 atom stereocenters. The van der Waals surface area contributed by atoms with Crippen molar-refractivity contribution >= 4 is 5.97 Å². The van der Waals surface area contributed by atoms with Crippen LogP contribution in [0.2, 0.25) is 0 Å². The summed E-state index contributed by atoms with van der Waals surface area (Å²) in [7, 11) is 1.38.